The van der Waals surface area contributed by atoms with E-state index in [-0.39, 0.29) is 17.2 Å². The molecule has 0 unspecified atom stereocenters. The number of nitrogens with one attached hydrogen (secondary N) is 1. The van der Waals surface area contributed by atoms with E-state index in [1.807, 2.05) is 51.9 Å². The predicted molar refractivity (Wildman–Crippen MR) is 83.5 cm³/mol. The maximum Gasteiger partial charge on any atom is 0.232 e. The molecule has 2 aromatic heterocycles. The van der Waals surface area contributed by atoms with Crippen LogP contribution in [0.2, 0.25) is 0 Å². The van der Waals surface area contributed by atoms with Crippen molar-refractivity contribution in [1.29, 1.82) is 5.26 Å². The zero-order valence-electron chi connectivity index (χ0n) is 13.7. The van der Waals surface area contributed by atoms with Crippen molar-refractivity contribution in [3.05, 3.63) is 35.7 Å². The van der Waals surface area contributed by atoms with Gasteiger partial charge in [-0.05, 0) is 26.2 Å². The Morgan fingerprint density at radius 1 is 1.41 bits per heavy atom. The zero-order valence-corrected chi connectivity index (χ0v) is 13.7. The van der Waals surface area contributed by atoms with Gasteiger partial charge in [-0.3, -0.25) is 4.90 Å². The average molecular weight is 302 g/mol. The summed E-state index contributed by atoms with van der Waals surface area (Å²) in [5.74, 6) is 1.81. The molecule has 0 saturated heterocycles. The van der Waals surface area contributed by atoms with Gasteiger partial charge in [0, 0.05) is 12.0 Å². The van der Waals surface area contributed by atoms with Gasteiger partial charge in [-0.2, -0.15) is 10.2 Å². The van der Waals surface area contributed by atoms with Gasteiger partial charge in [0.25, 0.3) is 0 Å². The molecular weight excluding hydrogens is 280 g/mol. The maximum atomic E-state index is 9.21. The van der Waals surface area contributed by atoms with Crippen LogP contribution in [-0.2, 0) is 5.41 Å². The topological polar surface area (TPSA) is 78.2 Å². The normalized spacial score (nSPS) is 13.1. The molecule has 0 aliphatic heterocycles. The fourth-order valence-electron chi connectivity index (χ4n) is 2.04. The van der Waals surface area contributed by atoms with E-state index in [2.05, 4.69) is 16.4 Å². The smallest absolute Gasteiger partial charge is 0.232 e. The second kappa shape index (κ2) is 6.24. The fourth-order valence-corrected chi connectivity index (χ4v) is 2.04. The van der Waals surface area contributed by atoms with Crippen LogP contribution in [0.3, 0.4) is 0 Å². The summed E-state index contributed by atoms with van der Waals surface area (Å²) in [5.41, 5.74) is 0.0369. The molecule has 6 nitrogen and oxygen atoms in total. The first-order chi connectivity index (χ1) is 10.3. The summed E-state index contributed by atoms with van der Waals surface area (Å²) in [5, 5.41) is 12.4. The first kappa shape index (κ1) is 16.1. The molecule has 118 valence electrons. The highest BCUT2D eigenvalue weighted by atomic mass is 16.4. The van der Waals surface area contributed by atoms with Gasteiger partial charge in [0.2, 0.25) is 17.5 Å². The van der Waals surface area contributed by atoms with Crippen molar-refractivity contribution in [2.45, 2.75) is 32.2 Å². The van der Waals surface area contributed by atoms with E-state index in [0.717, 1.165) is 5.76 Å². The molecule has 0 radical (unpaired) electrons. The first-order valence-electron chi connectivity index (χ1n) is 7.18. The Bertz CT molecular complexity index is 645. The summed E-state index contributed by atoms with van der Waals surface area (Å²) in [7, 11) is 3.95. The largest absolute Gasteiger partial charge is 0.468 e. The molecule has 1 atom stereocenters. The van der Waals surface area contributed by atoms with Gasteiger partial charge in [0.1, 0.15) is 11.8 Å². The lowest BCUT2D eigenvalue weighted by molar-refractivity contribution is 0.268. The highest BCUT2D eigenvalue weighted by molar-refractivity contribution is 5.46. The summed E-state index contributed by atoms with van der Waals surface area (Å²) >= 11 is 0. The molecule has 0 aliphatic rings. The van der Waals surface area contributed by atoms with Crippen molar-refractivity contribution in [2.24, 2.45) is 0 Å². The van der Waals surface area contributed by atoms with Crippen LogP contribution in [0.25, 0.3) is 0 Å². The van der Waals surface area contributed by atoms with Gasteiger partial charge < -0.3 is 14.2 Å². The maximum absolute atomic E-state index is 9.21. The third kappa shape index (κ3) is 3.49. The fraction of sp³-hybridized carbons (Fsp3) is 0.500. The minimum Gasteiger partial charge on any atom is -0.468 e. The molecule has 0 amide bonds. The first-order valence-corrected chi connectivity index (χ1v) is 7.18. The van der Waals surface area contributed by atoms with Gasteiger partial charge in [0.05, 0.1) is 12.3 Å². The molecule has 0 spiro atoms. The Morgan fingerprint density at radius 3 is 2.64 bits per heavy atom. The standard InChI is InChI=1S/C16H22N4O2/c1-16(2,3)15-19-11(9-17)14(22-15)18-10-12(20(4)5)13-7-6-8-21-13/h6-8,12,18H,10H2,1-5H3/t12-/m0/s1. The van der Waals surface area contributed by atoms with Crippen molar-refractivity contribution in [2.75, 3.05) is 26.0 Å². The predicted octanol–water partition coefficient (Wildman–Crippen LogP) is 3.15. The Kier molecular flexibility index (Phi) is 4.57. The number of nitriles is 1. The van der Waals surface area contributed by atoms with E-state index in [4.69, 9.17) is 8.83 Å². The molecule has 0 bridgehead atoms. The summed E-state index contributed by atoms with van der Waals surface area (Å²) in [4.78, 5) is 6.30. The van der Waals surface area contributed by atoms with Crippen molar-refractivity contribution < 1.29 is 8.83 Å². The van der Waals surface area contributed by atoms with Gasteiger partial charge >= 0.3 is 0 Å². The molecule has 22 heavy (non-hydrogen) atoms. The van der Waals surface area contributed by atoms with Crippen molar-refractivity contribution >= 4 is 5.88 Å². The van der Waals surface area contributed by atoms with Gasteiger partial charge in [0.15, 0.2) is 0 Å². The van der Waals surface area contributed by atoms with E-state index < -0.39 is 0 Å². The SMILES string of the molecule is CN(C)[C@@H](CNc1oc(C(C)(C)C)nc1C#N)c1ccco1. The molecule has 1 N–H and O–H groups in total. The van der Waals surface area contributed by atoms with Crippen LogP contribution in [0.15, 0.2) is 27.2 Å². The Morgan fingerprint density at radius 2 is 2.14 bits per heavy atom. The number of oxazole rings is 1. The molecule has 2 aromatic rings. The molecule has 2 rings (SSSR count). The number of hydrogen-bond donors (Lipinski definition) is 1. The number of furan rings is 1. The molecule has 0 aliphatic carbocycles. The number of rotatable bonds is 5. The lowest BCUT2D eigenvalue weighted by Gasteiger charge is -2.22. The van der Waals surface area contributed by atoms with Crippen molar-refractivity contribution in [1.82, 2.24) is 9.88 Å². The Labute approximate surface area is 130 Å². The summed E-state index contributed by atoms with van der Waals surface area (Å²) in [6.07, 6.45) is 1.65. The Hall–Kier alpha value is -2.26. The van der Waals surface area contributed by atoms with Crippen LogP contribution in [0, 0.1) is 11.3 Å². The van der Waals surface area contributed by atoms with E-state index in [1.54, 1.807) is 6.26 Å². The van der Waals surface area contributed by atoms with Crippen LogP contribution in [-0.4, -0.2) is 30.5 Å². The van der Waals surface area contributed by atoms with E-state index >= 15 is 0 Å². The van der Waals surface area contributed by atoms with E-state index in [9.17, 15) is 5.26 Å². The zero-order chi connectivity index (χ0) is 16.3. The van der Waals surface area contributed by atoms with Crippen molar-refractivity contribution in [3.8, 4) is 6.07 Å². The summed E-state index contributed by atoms with van der Waals surface area (Å²) in [6.45, 7) is 6.54. The molecule has 2 heterocycles. The van der Waals surface area contributed by atoms with Crippen LogP contribution in [0.1, 0.15) is 44.2 Å². The van der Waals surface area contributed by atoms with Gasteiger partial charge in [-0.15, -0.1) is 0 Å². The number of hydrogen-bond acceptors (Lipinski definition) is 6. The molecule has 0 saturated carbocycles. The summed E-state index contributed by atoms with van der Waals surface area (Å²) in [6, 6.07) is 5.89. The number of anilines is 1. The van der Waals surface area contributed by atoms with Gasteiger partial charge in [-0.25, -0.2) is 0 Å². The number of aromatic nitrogens is 1. The molecule has 6 heteroatoms. The van der Waals surface area contributed by atoms with Crippen molar-refractivity contribution in [3.63, 3.8) is 0 Å². The lowest BCUT2D eigenvalue weighted by atomic mass is 9.97. The monoisotopic (exact) mass is 302 g/mol. The highest BCUT2D eigenvalue weighted by Gasteiger charge is 2.25. The Balaban J connectivity index is 2.17. The molecular formula is C16H22N4O2. The minimum atomic E-state index is -0.243. The quantitative estimate of drug-likeness (QED) is 0.914. The molecule has 0 fully saturated rings. The number of nitrogens with zero attached hydrogens (tertiary/aromatic N) is 3. The van der Waals surface area contributed by atoms with Crippen LogP contribution in [0.5, 0.6) is 0 Å². The second-order valence-electron chi connectivity index (χ2n) is 6.43. The lowest BCUT2D eigenvalue weighted by Crippen LogP contribution is -2.26. The van der Waals surface area contributed by atoms with E-state index in [0.29, 0.717) is 18.3 Å². The van der Waals surface area contributed by atoms with Gasteiger partial charge in [-0.1, -0.05) is 20.8 Å². The van der Waals surface area contributed by atoms with Crippen LogP contribution >= 0.6 is 0 Å². The number of likely N-dealkylation sites (N-methyl/N-ethyl adjacent to an activating group) is 1. The summed E-state index contributed by atoms with van der Waals surface area (Å²) < 4.78 is 11.2. The van der Waals surface area contributed by atoms with Crippen LogP contribution in [0.4, 0.5) is 5.88 Å². The molecule has 0 aromatic carbocycles. The third-order valence-corrected chi connectivity index (χ3v) is 3.33. The minimum absolute atomic E-state index is 0.0322. The van der Waals surface area contributed by atoms with E-state index in [1.165, 1.54) is 0 Å². The highest BCUT2D eigenvalue weighted by Crippen LogP contribution is 2.27. The van der Waals surface area contributed by atoms with Crippen LogP contribution < -0.4 is 5.32 Å². The second-order valence-corrected chi connectivity index (χ2v) is 6.43. The average Bonchev–Trinajstić information content (AvgIpc) is 3.06. The third-order valence-electron chi connectivity index (χ3n) is 3.33.